The largest absolute Gasteiger partial charge is 0.393 e. The van der Waals surface area contributed by atoms with Crippen LogP contribution in [0.1, 0.15) is 49.3 Å². The lowest BCUT2D eigenvalue weighted by Crippen LogP contribution is -2.37. The Labute approximate surface area is 128 Å². The highest BCUT2D eigenvalue weighted by Crippen LogP contribution is 2.23. The highest BCUT2D eigenvalue weighted by Gasteiger charge is 2.28. The molecule has 1 aromatic rings. The summed E-state index contributed by atoms with van der Waals surface area (Å²) >= 11 is 0. The molecule has 1 aliphatic rings. The SMILES string of the molecule is Cc1cc(C)cc(CCC(=O)N2CCCC2CC(C)O)c1. The van der Waals surface area contributed by atoms with Crippen LogP contribution in [0.5, 0.6) is 0 Å². The van der Waals surface area contributed by atoms with E-state index in [1.54, 1.807) is 6.92 Å². The molecule has 1 saturated heterocycles. The Bertz CT molecular complexity index is 476. The average Bonchev–Trinajstić information content (AvgIpc) is 2.82. The van der Waals surface area contributed by atoms with Crippen LogP contribution >= 0.6 is 0 Å². The fraction of sp³-hybridized carbons (Fsp3) is 0.611. The van der Waals surface area contributed by atoms with Crippen molar-refractivity contribution in [3.8, 4) is 0 Å². The minimum Gasteiger partial charge on any atom is -0.393 e. The summed E-state index contributed by atoms with van der Waals surface area (Å²) in [6.07, 6.45) is 3.84. The van der Waals surface area contributed by atoms with Gasteiger partial charge in [0.05, 0.1) is 6.10 Å². The number of nitrogens with zero attached hydrogens (tertiary/aromatic N) is 1. The zero-order valence-electron chi connectivity index (χ0n) is 13.4. The van der Waals surface area contributed by atoms with Gasteiger partial charge in [-0.3, -0.25) is 4.79 Å². The van der Waals surface area contributed by atoms with E-state index in [0.717, 1.165) is 25.8 Å². The molecular weight excluding hydrogens is 262 g/mol. The van der Waals surface area contributed by atoms with E-state index in [1.807, 2.05) is 4.90 Å². The van der Waals surface area contributed by atoms with E-state index in [9.17, 15) is 9.90 Å². The fourth-order valence-electron chi connectivity index (χ4n) is 3.41. The number of aliphatic hydroxyl groups is 1. The molecule has 1 fully saturated rings. The summed E-state index contributed by atoms with van der Waals surface area (Å²) in [4.78, 5) is 14.4. The third kappa shape index (κ3) is 4.57. The quantitative estimate of drug-likeness (QED) is 0.905. The van der Waals surface area contributed by atoms with Gasteiger partial charge in [-0.15, -0.1) is 0 Å². The van der Waals surface area contributed by atoms with Crippen molar-refractivity contribution in [1.82, 2.24) is 4.90 Å². The van der Waals surface area contributed by atoms with Gasteiger partial charge in [0.15, 0.2) is 0 Å². The molecule has 1 aromatic carbocycles. The van der Waals surface area contributed by atoms with Crippen LogP contribution in [0.2, 0.25) is 0 Å². The molecule has 3 heteroatoms. The van der Waals surface area contributed by atoms with Gasteiger partial charge in [0.2, 0.25) is 5.91 Å². The lowest BCUT2D eigenvalue weighted by atomic mass is 10.0. The number of rotatable bonds is 5. The molecule has 3 nitrogen and oxygen atoms in total. The first-order valence-corrected chi connectivity index (χ1v) is 8.00. The molecule has 1 heterocycles. The summed E-state index contributed by atoms with van der Waals surface area (Å²) in [6.45, 7) is 6.84. The first-order valence-electron chi connectivity index (χ1n) is 8.00. The van der Waals surface area contributed by atoms with Crippen molar-refractivity contribution < 1.29 is 9.90 Å². The Morgan fingerprint density at radius 1 is 1.33 bits per heavy atom. The monoisotopic (exact) mass is 289 g/mol. The molecule has 116 valence electrons. The number of amides is 1. The van der Waals surface area contributed by atoms with E-state index >= 15 is 0 Å². The molecule has 0 aromatic heterocycles. The Morgan fingerprint density at radius 3 is 2.62 bits per heavy atom. The number of benzene rings is 1. The molecule has 2 rings (SSSR count). The summed E-state index contributed by atoms with van der Waals surface area (Å²) in [6, 6.07) is 6.72. The van der Waals surface area contributed by atoms with E-state index in [2.05, 4.69) is 32.0 Å². The number of carbonyl (C=O) groups excluding carboxylic acids is 1. The molecule has 0 bridgehead atoms. The summed E-state index contributed by atoms with van der Waals surface area (Å²) in [5.41, 5.74) is 3.75. The Hall–Kier alpha value is -1.35. The molecule has 0 saturated carbocycles. The van der Waals surface area contributed by atoms with Crippen LogP contribution in [-0.2, 0) is 11.2 Å². The normalized spacial score (nSPS) is 19.8. The first-order chi connectivity index (χ1) is 9.95. The summed E-state index contributed by atoms with van der Waals surface area (Å²) in [5.74, 6) is 0.234. The van der Waals surface area contributed by atoms with Crippen LogP contribution in [0.15, 0.2) is 18.2 Å². The van der Waals surface area contributed by atoms with Crippen molar-refractivity contribution in [2.24, 2.45) is 0 Å². The smallest absolute Gasteiger partial charge is 0.223 e. The maximum absolute atomic E-state index is 12.4. The van der Waals surface area contributed by atoms with E-state index in [0.29, 0.717) is 12.8 Å². The van der Waals surface area contributed by atoms with E-state index in [-0.39, 0.29) is 18.1 Å². The second kappa shape index (κ2) is 7.08. The van der Waals surface area contributed by atoms with Crippen molar-refractivity contribution in [1.29, 1.82) is 0 Å². The van der Waals surface area contributed by atoms with Crippen molar-refractivity contribution in [3.05, 3.63) is 34.9 Å². The van der Waals surface area contributed by atoms with Crippen molar-refractivity contribution in [3.63, 3.8) is 0 Å². The van der Waals surface area contributed by atoms with Crippen molar-refractivity contribution in [2.45, 2.75) is 65.0 Å². The van der Waals surface area contributed by atoms with Crippen LogP contribution in [0.25, 0.3) is 0 Å². The molecule has 0 aliphatic carbocycles. The lowest BCUT2D eigenvalue weighted by molar-refractivity contribution is -0.132. The summed E-state index contributed by atoms with van der Waals surface area (Å²) in [7, 11) is 0. The Kier molecular flexibility index (Phi) is 5.40. The van der Waals surface area contributed by atoms with E-state index in [4.69, 9.17) is 0 Å². The minimum absolute atomic E-state index is 0.233. The number of hydrogen-bond donors (Lipinski definition) is 1. The topological polar surface area (TPSA) is 40.5 Å². The highest BCUT2D eigenvalue weighted by atomic mass is 16.3. The molecule has 0 radical (unpaired) electrons. The Balaban J connectivity index is 1.91. The lowest BCUT2D eigenvalue weighted by Gasteiger charge is -2.25. The van der Waals surface area contributed by atoms with Crippen molar-refractivity contribution in [2.75, 3.05) is 6.54 Å². The fourth-order valence-corrected chi connectivity index (χ4v) is 3.41. The number of aryl methyl sites for hydroxylation is 3. The third-order valence-corrected chi connectivity index (χ3v) is 4.22. The van der Waals surface area contributed by atoms with Gasteiger partial charge >= 0.3 is 0 Å². The van der Waals surface area contributed by atoms with Gasteiger partial charge < -0.3 is 10.0 Å². The van der Waals surface area contributed by atoms with E-state index in [1.165, 1.54) is 16.7 Å². The summed E-state index contributed by atoms with van der Waals surface area (Å²) < 4.78 is 0. The number of hydrogen-bond acceptors (Lipinski definition) is 2. The van der Waals surface area contributed by atoms with Gasteiger partial charge in [0, 0.05) is 19.0 Å². The first kappa shape index (κ1) is 16.0. The number of likely N-dealkylation sites (tertiary alicyclic amines) is 1. The van der Waals surface area contributed by atoms with Crippen LogP contribution in [-0.4, -0.2) is 34.6 Å². The van der Waals surface area contributed by atoms with Crippen molar-refractivity contribution >= 4 is 5.91 Å². The number of aliphatic hydroxyl groups excluding tert-OH is 1. The van der Waals surface area contributed by atoms with Crippen LogP contribution in [0, 0.1) is 13.8 Å². The zero-order valence-corrected chi connectivity index (χ0v) is 13.4. The second-order valence-corrected chi connectivity index (χ2v) is 6.46. The maximum Gasteiger partial charge on any atom is 0.223 e. The zero-order chi connectivity index (χ0) is 15.4. The minimum atomic E-state index is -0.331. The summed E-state index contributed by atoms with van der Waals surface area (Å²) in [5, 5.41) is 9.54. The van der Waals surface area contributed by atoms with E-state index < -0.39 is 0 Å². The number of carbonyl (C=O) groups is 1. The molecule has 0 spiro atoms. The molecule has 2 atom stereocenters. The standard InChI is InChI=1S/C18H27NO2/c1-13-9-14(2)11-16(10-13)6-7-18(21)19-8-4-5-17(19)12-15(3)20/h9-11,15,17,20H,4-8,12H2,1-3H3. The predicted molar refractivity (Wildman–Crippen MR) is 85.3 cm³/mol. The second-order valence-electron chi connectivity index (χ2n) is 6.46. The van der Waals surface area contributed by atoms with Gasteiger partial charge in [-0.05, 0) is 52.0 Å². The van der Waals surface area contributed by atoms with Gasteiger partial charge in [0.25, 0.3) is 0 Å². The van der Waals surface area contributed by atoms with Gasteiger partial charge in [0.1, 0.15) is 0 Å². The van der Waals surface area contributed by atoms with Gasteiger partial charge in [-0.2, -0.15) is 0 Å². The van der Waals surface area contributed by atoms with Crippen LogP contribution < -0.4 is 0 Å². The molecular formula is C18H27NO2. The van der Waals surface area contributed by atoms with Crippen LogP contribution in [0.4, 0.5) is 0 Å². The molecule has 1 amide bonds. The highest BCUT2D eigenvalue weighted by molar-refractivity contribution is 5.77. The van der Waals surface area contributed by atoms with Gasteiger partial charge in [-0.1, -0.05) is 29.3 Å². The average molecular weight is 289 g/mol. The molecule has 1 N–H and O–H groups in total. The molecule has 21 heavy (non-hydrogen) atoms. The predicted octanol–water partition coefficient (Wildman–Crippen LogP) is 3.00. The molecule has 2 unspecified atom stereocenters. The maximum atomic E-state index is 12.4. The third-order valence-electron chi connectivity index (χ3n) is 4.22. The molecule has 1 aliphatic heterocycles. The van der Waals surface area contributed by atoms with Crippen LogP contribution in [0.3, 0.4) is 0 Å². The Morgan fingerprint density at radius 2 is 2.00 bits per heavy atom. The van der Waals surface area contributed by atoms with Gasteiger partial charge in [-0.25, -0.2) is 0 Å².